The predicted octanol–water partition coefficient (Wildman–Crippen LogP) is 3.61. The lowest BCUT2D eigenvalue weighted by Gasteiger charge is -2.29. The Bertz CT molecular complexity index is 1220. The molecule has 1 atom stereocenters. The Morgan fingerprint density at radius 3 is 2.24 bits per heavy atom. The van der Waals surface area contributed by atoms with E-state index in [1.807, 2.05) is 60.7 Å². The highest BCUT2D eigenvalue weighted by atomic mass is 16.5. The Kier molecular flexibility index (Phi) is 5.99. The second-order valence-electron chi connectivity index (χ2n) is 8.39. The number of hydrogen-bond donors (Lipinski definition) is 1. The van der Waals surface area contributed by atoms with Crippen molar-refractivity contribution >= 4 is 17.7 Å². The van der Waals surface area contributed by atoms with E-state index in [4.69, 9.17) is 9.47 Å². The molecule has 0 radical (unpaired) electrons. The molecule has 172 valence electrons. The second kappa shape index (κ2) is 9.39. The highest BCUT2D eigenvalue weighted by molar-refractivity contribution is 6.05. The fraction of sp³-hybridized carbons (Fsp3) is 0.222. The number of fused-ring (bicyclic) bond motifs is 1. The molecule has 1 saturated heterocycles. The largest absolute Gasteiger partial charge is 0.489 e. The number of nitrogens with zero attached hydrogens (tertiary/aromatic N) is 1. The molecule has 0 saturated carbocycles. The van der Waals surface area contributed by atoms with Crippen LogP contribution >= 0.6 is 0 Å². The maximum atomic E-state index is 12.9. The molecule has 3 aromatic carbocycles. The van der Waals surface area contributed by atoms with Crippen LogP contribution in [0, 0.1) is 0 Å². The van der Waals surface area contributed by atoms with Crippen LogP contribution in [0.4, 0.5) is 0 Å². The third-order valence-electron chi connectivity index (χ3n) is 6.11. The minimum Gasteiger partial charge on any atom is -0.489 e. The molecule has 0 bridgehead atoms. The van der Waals surface area contributed by atoms with Gasteiger partial charge < -0.3 is 14.4 Å². The van der Waals surface area contributed by atoms with Crippen LogP contribution in [0.2, 0.25) is 0 Å². The van der Waals surface area contributed by atoms with Crippen LogP contribution in [0.25, 0.3) is 0 Å². The van der Waals surface area contributed by atoms with Crippen molar-refractivity contribution < 1.29 is 23.9 Å². The van der Waals surface area contributed by atoms with Crippen molar-refractivity contribution in [2.24, 2.45) is 0 Å². The van der Waals surface area contributed by atoms with E-state index in [1.165, 1.54) is 4.90 Å². The summed E-state index contributed by atoms with van der Waals surface area (Å²) in [7, 11) is 0. The normalized spacial score (nSPS) is 17.4. The molecular weight excluding hydrogens is 432 g/mol. The van der Waals surface area contributed by atoms with Crippen LogP contribution < -0.4 is 14.8 Å². The number of imide groups is 1. The molecule has 2 aliphatic rings. The Balaban J connectivity index is 1.22. The number of carbonyl (C=O) groups excluding carboxylic acids is 3. The van der Waals surface area contributed by atoms with Gasteiger partial charge in [0.25, 0.3) is 5.91 Å². The number of amides is 3. The monoisotopic (exact) mass is 456 g/mol. The molecule has 0 aliphatic carbocycles. The van der Waals surface area contributed by atoms with Crippen molar-refractivity contribution in [3.05, 3.63) is 95.1 Å². The van der Waals surface area contributed by atoms with Gasteiger partial charge in [0, 0.05) is 17.5 Å². The smallest absolute Gasteiger partial charge is 0.255 e. The third kappa shape index (κ3) is 4.50. The summed E-state index contributed by atoms with van der Waals surface area (Å²) in [5.41, 5.74) is 3.35. The third-order valence-corrected chi connectivity index (χ3v) is 6.11. The summed E-state index contributed by atoms with van der Waals surface area (Å²) in [5.74, 6) is 0.520. The number of benzene rings is 3. The van der Waals surface area contributed by atoms with Crippen molar-refractivity contribution in [3.8, 4) is 11.5 Å². The minimum atomic E-state index is -0.643. The number of rotatable bonds is 7. The molecule has 0 aromatic heterocycles. The lowest BCUT2D eigenvalue weighted by molar-refractivity contribution is -0.136. The van der Waals surface area contributed by atoms with Crippen LogP contribution in [-0.2, 0) is 29.3 Å². The molecule has 3 aromatic rings. The van der Waals surface area contributed by atoms with Crippen molar-refractivity contribution in [1.29, 1.82) is 0 Å². The predicted molar refractivity (Wildman–Crippen MR) is 124 cm³/mol. The number of para-hydroxylation sites is 1. The molecular formula is C27H24N2O5. The van der Waals surface area contributed by atoms with Gasteiger partial charge in [0.05, 0.1) is 6.54 Å². The van der Waals surface area contributed by atoms with Gasteiger partial charge >= 0.3 is 0 Å². The van der Waals surface area contributed by atoms with Crippen molar-refractivity contribution in [2.45, 2.75) is 38.6 Å². The first kappa shape index (κ1) is 21.7. The van der Waals surface area contributed by atoms with Crippen LogP contribution in [0.5, 0.6) is 11.5 Å². The van der Waals surface area contributed by atoms with Gasteiger partial charge in [-0.05, 0) is 41.8 Å². The molecule has 1 N–H and O–H groups in total. The van der Waals surface area contributed by atoms with Crippen molar-refractivity contribution in [2.75, 3.05) is 0 Å². The molecule has 3 amide bonds. The van der Waals surface area contributed by atoms with Gasteiger partial charge in [0.1, 0.15) is 30.8 Å². The van der Waals surface area contributed by atoms with E-state index in [0.717, 1.165) is 22.4 Å². The maximum absolute atomic E-state index is 12.9. The number of piperidine rings is 1. The van der Waals surface area contributed by atoms with E-state index in [9.17, 15) is 14.4 Å². The van der Waals surface area contributed by atoms with Gasteiger partial charge in [0.15, 0.2) is 0 Å². The number of carbonyl (C=O) groups is 3. The summed E-state index contributed by atoms with van der Waals surface area (Å²) in [4.78, 5) is 38.2. The molecule has 0 spiro atoms. The summed E-state index contributed by atoms with van der Waals surface area (Å²) < 4.78 is 11.8. The summed E-state index contributed by atoms with van der Waals surface area (Å²) >= 11 is 0. The molecule has 2 aliphatic heterocycles. The van der Waals surface area contributed by atoms with E-state index in [1.54, 1.807) is 12.1 Å². The zero-order valence-electron chi connectivity index (χ0n) is 18.5. The Hall–Kier alpha value is -4.13. The van der Waals surface area contributed by atoms with Gasteiger partial charge in [-0.1, -0.05) is 48.5 Å². The Labute approximate surface area is 197 Å². The second-order valence-corrected chi connectivity index (χ2v) is 8.39. The van der Waals surface area contributed by atoms with Crippen LogP contribution in [0.3, 0.4) is 0 Å². The van der Waals surface area contributed by atoms with Gasteiger partial charge in [-0.3, -0.25) is 19.7 Å². The Morgan fingerprint density at radius 1 is 0.824 bits per heavy atom. The quantitative estimate of drug-likeness (QED) is 0.549. The SMILES string of the molecule is O=C1CCC(N2Cc3c(OCc4ccc(COc5ccccc5)cc4)cccc3C2=O)C(=O)N1. The van der Waals surface area contributed by atoms with Crippen LogP contribution in [-0.4, -0.2) is 28.7 Å². The summed E-state index contributed by atoms with van der Waals surface area (Å²) in [6, 6.07) is 22.4. The summed E-state index contributed by atoms with van der Waals surface area (Å²) in [6.45, 7) is 1.12. The van der Waals surface area contributed by atoms with E-state index >= 15 is 0 Å². The first-order chi connectivity index (χ1) is 16.6. The number of nitrogens with one attached hydrogen (secondary N) is 1. The van der Waals surface area contributed by atoms with E-state index in [2.05, 4.69) is 5.32 Å². The van der Waals surface area contributed by atoms with Gasteiger partial charge in [-0.15, -0.1) is 0 Å². The lowest BCUT2D eigenvalue weighted by Crippen LogP contribution is -2.52. The van der Waals surface area contributed by atoms with Crippen molar-refractivity contribution in [1.82, 2.24) is 10.2 Å². The van der Waals surface area contributed by atoms with E-state index in [0.29, 0.717) is 30.9 Å². The highest BCUT2D eigenvalue weighted by Crippen LogP contribution is 2.34. The molecule has 5 rings (SSSR count). The minimum absolute atomic E-state index is 0.210. The lowest BCUT2D eigenvalue weighted by atomic mass is 10.0. The van der Waals surface area contributed by atoms with Crippen molar-refractivity contribution in [3.63, 3.8) is 0 Å². The fourth-order valence-corrected chi connectivity index (χ4v) is 4.27. The van der Waals surface area contributed by atoms with E-state index < -0.39 is 11.9 Å². The van der Waals surface area contributed by atoms with Crippen LogP contribution in [0.15, 0.2) is 72.8 Å². The van der Waals surface area contributed by atoms with Gasteiger partial charge in [-0.2, -0.15) is 0 Å². The van der Waals surface area contributed by atoms with Gasteiger partial charge in [-0.25, -0.2) is 0 Å². The molecule has 7 heteroatoms. The van der Waals surface area contributed by atoms with E-state index in [-0.39, 0.29) is 24.8 Å². The Morgan fingerprint density at radius 2 is 1.53 bits per heavy atom. The highest BCUT2D eigenvalue weighted by Gasteiger charge is 2.40. The summed E-state index contributed by atoms with van der Waals surface area (Å²) in [5, 5.41) is 2.33. The maximum Gasteiger partial charge on any atom is 0.255 e. The average Bonchev–Trinajstić information content (AvgIpc) is 3.19. The van der Waals surface area contributed by atoms with Gasteiger partial charge in [0.2, 0.25) is 11.8 Å². The molecule has 1 unspecified atom stereocenters. The fourth-order valence-electron chi connectivity index (χ4n) is 4.27. The molecule has 34 heavy (non-hydrogen) atoms. The topological polar surface area (TPSA) is 84.9 Å². The first-order valence-electron chi connectivity index (χ1n) is 11.2. The molecule has 2 heterocycles. The standard InChI is InChI=1S/C27H24N2O5/c30-25-14-13-23(26(31)28-25)29-15-22-21(27(29)32)7-4-8-24(22)34-17-19-11-9-18(10-12-19)16-33-20-5-2-1-3-6-20/h1-12,23H,13-17H2,(H,28,30,31). The zero-order chi connectivity index (χ0) is 23.5. The molecule has 1 fully saturated rings. The molecule has 7 nitrogen and oxygen atoms in total. The summed E-state index contributed by atoms with van der Waals surface area (Å²) in [6.07, 6.45) is 0.563. The van der Waals surface area contributed by atoms with Crippen LogP contribution in [0.1, 0.15) is 39.9 Å². The zero-order valence-corrected chi connectivity index (χ0v) is 18.5. The first-order valence-corrected chi connectivity index (χ1v) is 11.2. The number of hydrogen-bond acceptors (Lipinski definition) is 5. The average molecular weight is 456 g/mol. The number of ether oxygens (including phenoxy) is 2.